The number of hydrogen-bond donors (Lipinski definition) is 4. The summed E-state index contributed by atoms with van der Waals surface area (Å²) in [6, 6.07) is 6.04. The molecule has 4 heterocycles. The molecule has 63 heavy (non-hydrogen) atoms. The Labute approximate surface area is 376 Å². The van der Waals surface area contributed by atoms with Gasteiger partial charge in [-0.15, -0.1) is 11.3 Å². The summed E-state index contributed by atoms with van der Waals surface area (Å²) < 4.78 is 24.1. The number of hydrogen-bond acceptors (Lipinski definition) is 13. The SMILES string of the molecule is Cc1ncsc1-c1ccc(CNC(=O)C2CC(O)CN2C(=O)C(NC(=O)CCOCCCC(=O)OCCCC2OC3OC(C)(OO)CCC4C(C)CCC(C2C)C34)C(C)(C)C)cc1. The van der Waals surface area contributed by atoms with Crippen LogP contribution in [0.3, 0.4) is 0 Å². The highest BCUT2D eigenvalue weighted by atomic mass is 32.1. The third-order valence-electron chi connectivity index (χ3n) is 13.8. The Bertz CT molecular complexity index is 1850. The normalized spacial score (nSPS) is 29.9. The smallest absolute Gasteiger partial charge is 0.305 e. The van der Waals surface area contributed by atoms with E-state index in [9.17, 15) is 29.5 Å². The van der Waals surface area contributed by atoms with Crippen LogP contribution in [0.15, 0.2) is 29.8 Å². The van der Waals surface area contributed by atoms with E-state index in [2.05, 4.69) is 29.5 Å². The van der Waals surface area contributed by atoms with E-state index in [-0.39, 0.29) is 82.0 Å². The number of amides is 3. The number of aryl methyl sites for hydroxylation is 1. The van der Waals surface area contributed by atoms with Crippen molar-refractivity contribution in [2.75, 3.05) is 26.4 Å². The Kier molecular flexibility index (Phi) is 16.8. The number of nitrogens with one attached hydrogen (secondary N) is 2. The number of carbonyl (C=O) groups excluding carboxylic acids is 4. The van der Waals surface area contributed by atoms with Gasteiger partial charge < -0.3 is 39.6 Å². The molecular formula is C47H70N4O11S. The number of nitrogens with zero attached hydrogens (tertiary/aromatic N) is 2. The highest BCUT2D eigenvalue weighted by molar-refractivity contribution is 7.13. The number of β-amino-alcohol motifs (C(OH)–C–C–N with tert-alkyl or cyclic N) is 1. The van der Waals surface area contributed by atoms with Crippen molar-refractivity contribution in [2.24, 2.45) is 35.0 Å². The van der Waals surface area contributed by atoms with Crippen LogP contribution in [0.2, 0.25) is 0 Å². The largest absolute Gasteiger partial charge is 0.466 e. The predicted molar refractivity (Wildman–Crippen MR) is 236 cm³/mol. The van der Waals surface area contributed by atoms with Crippen LogP contribution in [0.25, 0.3) is 10.4 Å². The standard InChI is InChI=1S/C47H70N4O11S/c1-28-12-17-35-29(2)37(60-45-40(35)34(28)18-20-47(7,61-45)62-57)10-8-22-59-39(54)11-9-21-58-23-19-38(53)50-42(46(4,5)6)44(56)51-26-33(52)24-36(51)43(55)48-25-31-13-15-32(16-14-31)41-30(3)49-27-63-41/h13-16,27-29,33-37,40,42,45,52,57H,8-12,17-26H2,1-7H3,(H,48,55)(H,50,53). The number of benzene rings is 1. The lowest BCUT2D eigenvalue weighted by Crippen LogP contribution is -2.57. The molecule has 4 N–H and O–H groups in total. The van der Waals surface area contributed by atoms with E-state index < -0.39 is 41.6 Å². The molecule has 11 unspecified atom stereocenters. The minimum Gasteiger partial charge on any atom is -0.466 e. The Morgan fingerprint density at radius 1 is 1.03 bits per heavy atom. The van der Waals surface area contributed by atoms with Gasteiger partial charge in [-0.05, 0) is 86.2 Å². The van der Waals surface area contributed by atoms with Crippen molar-refractivity contribution in [3.05, 3.63) is 41.0 Å². The van der Waals surface area contributed by atoms with Gasteiger partial charge in [0.05, 0.1) is 41.5 Å². The quantitative estimate of drug-likeness (QED) is 0.0558. The average molecular weight is 899 g/mol. The van der Waals surface area contributed by atoms with Crippen LogP contribution in [0.1, 0.15) is 117 Å². The molecule has 2 aromatic rings. The monoisotopic (exact) mass is 898 g/mol. The van der Waals surface area contributed by atoms with Crippen molar-refractivity contribution < 1.29 is 53.4 Å². The molecule has 3 amide bonds. The van der Waals surface area contributed by atoms with Gasteiger partial charge in [-0.25, -0.2) is 15.1 Å². The predicted octanol–water partition coefficient (Wildman–Crippen LogP) is 6.39. The van der Waals surface area contributed by atoms with E-state index in [1.807, 2.05) is 57.5 Å². The molecule has 3 aliphatic heterocycles. The van der Waals surface area contributed by atoms with Gasteiger partial charge >= 0.3 is 5.97 Å². The second kappa shape index (κ2) is 21.7. The molecule has 0 bridgehead atoms. The minimum atomic E-state index is -1.09. The first kappa shape index (κ1) is 48.9. The molecular weight excluding hydrogens is 829 g/mol. The summed E-state index contributed by atoms with van der Waals surface area (Å²) in [5, 5.41) is 26.0. The lowest BCUT2D eigenvalue weighted by molar-refractivity contribution is -0.435. The Morgan fingerprint density at radius 2 is 1.79 bits per heavy atom. The molecule has 16 heteroatoms. The Morgan fingerprint density at radius 3 is 2.49 bits per heavy atom. The van der Waals surface area contributed by atoms with Crippen LogP contribution in [-0.2, 0) is 49.6 Å². The van der Waals surface area contributed by atoms with Gasteiger partial charge in [-0.3, -0.25) is 19.2 Å². The maximum atomic E-state index is 14.0. The second-order valence-corrected chi connectivity index (χ2v) is 20.4. The van der Waals surface area contributed by atoms with E-state index in [0.717, 1.165) is 41.0 Å². The van der Waals surface area contributed by atoms with Gasteiger partial charge in [0.15, 0.2) is 6.29 Å². The minimum absolute atomic E-state index is 0.000686. The zero-order valence-corrected chi connectivity index (χ0v) is 39.0. The molecule has 3 saturated heterocycles. The molecule has 11 atom stereocenters. The van der Waals surface area contributed by atoms with Crippen molar-refractivity contribution >= 4 is 35.0 Å². The fraction of sp³-hybridized carbons (Fsp3) is 0.723. The second-order valence-electron chi connectivity index (χ2n) is 19.5. The highest BCUT2D eigenvalue weighted by Gasteiger charge is 2.54. The van der Waals surface area contributed by atoms with Gasteiger partial charge in [-0.2, -0.15) is 0 Å². The number of aromatic nitrogens is 1. The van der Waals surface area contributed by atoms with Crippen LogP contribution >= 0.6 is 11.3 Å². The van der Waals surface area contributed by atoms with E-state index >= 15 is 0 Å². The number of ether oxygens (including phenoxy) is 4. The fourth-order valence-corrected chi connectivity index (χ4v) is 10.9. The lowest BCUT2D eigenvalue weighted by atomic mass is 9.60. The molecule has 0 spiro atoms. The lowest BCUT2D eigenvalue weighted by Gasteiger charge is -2.52. The van der Waals surface area contributed by atoms with Gasteiger partial charge in [0, 0.05) is 51.3 Å². The summed E-state index contributed by atoms with van der Waals surface area (Å²) in [5.74, 6) is -0.507. The maximum absolute atomic E-state index is 14.0. The van der Waals surface area contributed by atoms with Crippen LogP contribution in [0, 0.1) is 41.9 Å². The molecule has 4 fully saturated rings. The van der Waals surface area contributed by atoms with Crippen molar-refractivity contribution in [3.63, 3.8) is 0 Å². The van der Waals surface area contributed by atoms with E-state index in [1.54, 1.807) is 18.3 Å². The first-order chi connectivity index (χ1) is 30.0. The molecule has 1 aromatic heterocycles. The van der Waals surface area contributed by atoms with Crippen LogP contribution in [0.4, 0.5) is 0 Å². The van der Waals surface area contributed by atoms with Crippen molar-refractivity contribution in [2.45, 2.75) is 156 Å². The molecule has 0 radical (unpaired) electrons. The number of likely N-dealkylation sites (tertiary alicyclic amines) is 1. The molecule has 4 aliphatic rings. The van der Waals surface area contributed by atoms with E-state index in [1.165, 1.54) is 11.3 Å². The number of carbonyl (C=O) groups is 4. The highest BCUT2D eigenvalue weighted by Crippen LogP contribution is 2.54. The van der Waals surface area contributed by atoms with E-state index in [0.29, 0.717) is 42.9 Å². The fourth-order valence-electron chi connectivity index (χ4n) is 10.1. The van der Waals surface area contributed by atoms with Gasteiger partial charge in [0.2, 0.25) is 23.5 Å². The topological polar surface area (TPSA) is 195 Å². The first-order valence-electron chi connectivity index (χ1n) is 22.9. The summed E-state index contributed by atoms with van der Waals surface area (Å²) in [6.07, 6.45) is 4.54. The molecule has 15 nitrogen and oxygen atoms in total. The Hall–Kier alpha value is -3.51. The van der Waals surface area contributed by atoms with Gasteiger partial charge in [-0.1, -0.05) is 65.3 Å². The summed E-state index contributed by atoms with van der Waals surface area (Å²) >= 11 is 1.57. The maximum Gasteiger partial charge on any atom is 0.305 e. The molecule has 1 aliphatic carbocycles. The van der Waals surface area contributed by atoms with Crippen molar-refractivity contribution in [1.82, 2.24) is 20.5 Å². The van der Waals surface area contributed by atoms with Crippen molar-refractivity contribution in [1.29, 1.82) is 0 Å². The molecule has 6 rings (SSSR count). The zero-order chi connectivity index (χ0) is 45.5. The summed E-state index contributed by atoms with van der Waals surface area (Å²) in [5.41, 5.74) is 4.03. The molecule has 1 aromatic carbocycles. The number of esters is 1. The summed E-state index contributed by atoms with van der Waals surface area (Å²) in [6.45, 7) is 14.7. The number of thiazole rings is 1. The molecule has 350 valence electrons. The van der Waals surface area contributed by atoms with Crippen LogP contribution in [-0.4, -0.2) is 107 Å². The van der Waals surface area contributed by atoms with Crippen LogP contribution < -0.4 is 10.6 Å². The molecule has 1 saturated carbocycles. The number of aliphatic hydroxyl groups is 1. The van der Waals surface area contributed by atoms with Crippen LogP contribution in [0.5, 0.6) is 0 Å². The zero-order valence-electron chi connectivity index (χ0n) is 38.1. The third kappa shape index (κ3) is 12.4. The number of aliphatic hydroxyl groups excluding tert-OH is 1. The first-order valence-corrected chi connectivity index (χ1v) is 23.8. The summed E-state index contributed by atoms with van der Waals surface area (Å²) in [4.78, 5) is 64.6. The van der Waals surface area contributed by atoms with Crippen molar-refractivity contribution in [3.8, 4) is 10.4 Å². The van der Waals surface area contributed by atoms with E-state index in [4.69, 9.17) is 23.8 Å². The van der Waals surface area contributed by atoms with Gasteiger partial charge in [0.25, 0.3) is 0 Å². The third-order valence-corrected chi connectivity index (χ3v) is 14.8. The average Bonchev–Trinajstić information content (AvgIpc) is 3.83. The Balaban J connectivity index is 0.874. The summed E-state index contributed by atoms with van der Waals surface area (Å²) in [7, 11) is 0. The van der Waals surface area contributed by atoms with Gasteiger partial charge in [0.1, 0.15) is 12.1 Å². The number of rotatable bonds is 18.